The van der Waals surface area contributed by atoms with E-state index in [0.717, 1.165) is 15.2 Å². The van der Waals surface area contributed by atoms with Gasteiger partial charge in [0.05, 0.1) is 28.9 Å². The number of nitrogens with zero attached hydrogens (tertiary/aromatic N) is 3. The number of halogens is 1. The molecule has 0 bridgehead atoms. The summed E-state index contributed by atoms with van der Waals surface area (Å²) in [6, 6.07) is 23.6. The lowest BCUT2D eigenvalue weighted by atomic mass is 10.2. The van der Waals surface area contributed by atoms with Crippen molar-refractivity contribution in [2.24, 2.45) is 5.10 Å². The molecule has 3 aromatic carbocycles. The Hall–Kier alpha value is -3.95. The molecule has 36 heavy (non-hydrogen) atoms. The second-order valence-corrected chi connectivity index (χ2v) is 9.83. The second-order valence-electron chi connectivity index (χ2n) is 7.61. The average Bonchev–Trinajstić information content (AvgIpc) is 2.89. The van der Waals surface area contributed by atoms with Crippen LogP contribution in [0.2, 0.25) is 5.15 Å². The van der Waals surface area contributed by atoms with Crippen molar-refractivity contribution in [2.45, 2.75) is 11.8 Å². The van der Waals surface area contributed by atoms with Gasteiger partial charge in [-0.05, 0) is 55.5 Å². The number of rotatable bonds is 9. The Labute approximate surface area is 214 Å². The number of carbonyl (C=O) groups excluding carboxylic acids is 1. The highest BCUT2D eigenvalue weighted by atomic mass is 35.5. The summed E-state index contributed by atoms with van der Waals surface area (Å²) < 4.78 is 33.3. The van der Waals surface area contributed by atoms with E-state index < -0.39 is 22.5 Å². The quantitative estimate of drug-likeness (QED) is 0.196. The fourth-order valence-corrected chi connectivity index (χ4v) is 5.09. The number of anilines is 1. The van der Waals surface area contributed by atoms with Crippen molar-refractivity contribution < 1.29 is 17.9 Å². The molecule has 0 unspecified atom stereocenters. The Balaban J connectivity index is 1.55. The van der Waals surface area contributed by atoms with Gasteiger partial charge in [0.1, 0.15) is 17.4 Å². The Bertz CT molecular complexity index is 1490. The number of hydrogen-bond acceptors (Lipinski definition) is 6. The van der Waals surface area contributed by atoms with Crippen LogP contribution in [0.1, 0.15) is 12.5 Å². The number of fused-ring (bicyclic) bond motifs is 1. The van der Waals surface area contributed by atoms with E-state index in [1.807, 2.05) is 31.2 Å². The highest BCUT2D eigenvalue weighted by Crippen LogP contribution is 2.26. The summed E-state index contributed by atoms with van der Waals surface area (Å²) >= 11 is 6.23. The summed E-state index contributed by atoms with van der Waals surface area (Å²) in [5.41, 5.74) is 3.93. The molecule has 1 aromatic heterocycles. The summed E-state index contributed by atoms with van der Waals surface area (Å²) in [5.74, 6) is -0.0438. The van der Waals surface area contributed by atoms with Crippen molar-refractivity contribution in [1.82, 2.24) is 10.4 Å². The highest BCUT2D eigenvalue weighted by molar-refractivity contribution is 7.92. The molecule has 1 heterocycles. The van der Waals surface area contributed by atoms with Crippen LogP contribution >= 0.6 is 11.6 Å². The summed E-state index contributed by atoms with van der Waals surface area (Å²) in [4.78, 5) is 17.1. The zero-order valence-corrected chi connectivity index (χ0v) is 20.9. The summed E-state index contributed by atoms with van der Waals surface area (Å²) in [6.45, 7) is 1.83. The number of nitrogens with one attached hydrogen (secondary N) is 1. The van der Waals surface area contributed by atoms with Crippen molar-refractivity contribution in [1.29, 1.82) is 0 Å². The predicted octanol–water partition coefficient (Wildman–Crippen LogP) is 4.63. The van der Waals surface area contributed by atoms with Crippen molar-refractivity contribution in [2.75, 3.05) is 17.5 Å². The third-order valence-corrected chi connectivity index (χ3v) is 7.24. The number of para-hydroxylation sites is 1. The first-order valence-corrected chi connectivity index (χ1v) is 12.9. The lowest BCUT2D eigenvalue weighted by Gasteiger charge is -2.24. The molecule has 8 nitrogen and oxygen atoms in total. The zero-order chi connectivity index (χ0) is 25.5. The molecule has 0 saturated carbocycles. The monoisotopic (exact) mass is 522 g/mol. The maximum atomic E-state index is 13.4. The van der Waals surface area contributed by atoms with Gasteiger partial charge in [-0.3, -0.25) is 9.10 Å². The number of benzene rings is 3. The van der Waals surface area contributed by atoms with Gasteiger partial charge in [-0.15, -0.1) is 0 Å². The second kappa shape index (κ2) is 11.2. The van der Waals surface area contributed by atoms with Gasteiger partial charge in [-0.1, -0.05) is 48.0 Å². The van der Waals surface area contributed by atoms with E-state index in [4.69, 9.17) is 16.3 Å². The Morgan fingerprint density at radius 3 is 2.47 bits per heavy atom. The number of hydrazone groups is 1. The fourth-order valence-electron chi connectivity index (χ4n) is 3.45. The minimum atomic E-state index is -4.03. The summed E-state index contributed by atoms with van der Waals surface area (Å²) in [5, 5.41) is 5.06. The lowest BCUT2D eigenvalue weighted by Crippen LogP contribution is -2.39. The molecule has 0 aliphatic heterocycles. The number of aromatic nitrogens is 1. The van der Waals surface area contributed by atoms with Crippen LogP contribution in [-0.2, 0) is 14.8 Å². The molecular weight excluding hydrogens is 500 g/mol. The smallest absolute Gasteiger partial charge is 0.264 e. The standard InChI is InChI=1S/C26H23ClN4O4S/c1-2-35-22-14-12-21(13-15-22)31(36(33,34)23-9-4-3-5-10-23)18-25(32)30-28-17-20-16-19-8-6-7-11-24(19)29-26(20)27/h3-17H,2,18H2,1H3,(H,30,32)/b28-17+. The number of hydrogen-bond donors (Lipinski definition) is 1. The largest absolute Gasteiger partial charge is 0.494 e. The van der Waals surface area contributed by atoms with Crippen molar-refractivity contribution in [3.05, 3.63) is 95.6 Å². The van der Waals surface area contributed by atoms with Crippen molar-refractivity contribution in [3.8, 4) is 5.75 Å². The minimum absolute atomic E-state index is 0.0594. The van der Waals surface area contributed by atoms with Gasteiger partial charge in [0.15, 0.2) is 0 Å². The first kappa shape index (κ1) is 25.2. The van der Waals surface area contributed by atoms with Crippen molar-refractivity contribution in [3.63, 3.8) is 0 Å². The molecule has 1 amide bonds. The van der Waals surface area contributed by atoms with Gasteiger partial charge >= 0.3 is 0 Å². The van der Waals surface area contributed by atoms with Crippen LogP contribution in [0.15, 0.2) is 94.9 Å². The normalized spacial score (nSPS) is 11.5. The van der Waals surface area contributed by atoms with Gasteiger partial charge in [0.25, 0.3) is 15.9 Å². The van der Waals surface area contributed by atoms with Crippen LogP contribution in [-0.4, -0.2) is 38.7 Å². The molecule has 0 fully saturated rings. The number of amides is 1. The molecule has 0 radical (unpaired) electrons. The molecule has 0 spiro atoms. The number of pyridine rings is 1. The van der Waals surface area contributed by atoms with Crippen LogP contribution in [0.4, 0.5) is 5.69 Å². The molecule has 10 heteroatoms. The Morgan fingerprint density at radius 1 is 1.06 bits per heavy atom. The van der Waals surface area contributed by atoms with Crippen LogP contribution in [0, 0.1) is 0 Å². The third-order valence-electron chi connectivity index (χ3n) is 5.15. The molecule has 0 saturated heterocycles. The van der Waals surface area contributed by atoms with Crippen LogP contribution < -0.4 is 14.5 Å². The number of ether oxygens (including phenoxy) is 1. The van der Waals surface area contributed by atoms with E-state index in [1.165, 1.54) is 18.3 Å². The van der Waals surface area contributed by atoms with Gasteiger partial charge < -0.3 is 4.74 Å². The Kier molecular flexibility index (Phi) is 7.82. The van der Waals surface area contributed by atoms with E-state index in [9.17, 15) is 13.2 Å². The fraction of sp³-hybridized carbons (Fsp3) is 0.115. The van der Waals surface area contributed by atoms with Crippen LogP contribution in [0.25, 0.3) is 10.9 Å². The maximum Gasteiger partial charge on any atom is 0.264 e. The molecule has 1 N–H and O–H groups in total. The molecule has 4 aromatic rings. The maximum absolute atomic E-state index is 13.4. The van der Waals surface area contributed by atoms with Gasteiger partial charge in [-0.2, -0.15) is 5.10 Å². The van der Waals surface area contributed by atoms with Gasteiger partial charge in [0, 0.05) is 10.9 Å². The van der Waals surface area contributed by atoms with Crippen LogP contribution in [0.5, 0.6) is 5.75 Å². The van der Waals surface area contributed by atoms with E-state index in [1.54, 1.807) is 48.5 Å². The molecule has 0 atom stereocenters. The van der Waals surface area contributed by atoms with Crippen LogP contribution in [0.3, 0.4) is 0 Å². The molecule has 0 aliphatic carbocycles. The Morgan fingerprint density at radius 2 is 1.75 bits per heavy atom. The first-order valence-electron chi connectivity index (χ1n) is 11.1. The first-order chi connectivity index (χ1) is 17.4. The molecule has 4 rings (SSSR count). The SMILES string of the molecule is CCOc1ccc(N(CC(=O)N/N=C/c2cc3ccccc3nc2Cl)S(=O)(=O)c2ccccc2)cc1. The van der Waals surface area contributed by atoms with Gasteiger partial charge in [0.2, 0.25) is 0 Å². The van der Waals surface area contributed by atoms with Crippen molar-refractivity contribution >= 4 is 50.3 Å². The summed E-state index contributed by atoms with van der Waals surface area (Å²) in [7, 11) is -4.03. The van der Waals surface area contributed by atoms with Gasteiger partial charge in [-0.25, -0.2) is 18.8 Å². The molecular formula is C26H23ClN4O4S. The highest BCUT2D eigenvalue weighted by Gasteiger charge is 2.27. The molecule has 184 valence electrons. The van der Waals surface area contributed by atoms with E-state index in [0.29, 0.717) is 23.6 Å². The predicted molar refractivity (Wildman–Crippen MR) is 141 cm³/mol. The lowest BCUT2D eigenvalue weighted by molar-refractivity contribution is -0.119. The minimum Gasteiger partial charge on any atom is -0.494 e. The topological polar surface area (TPSA) is 101 Å². The number of carbonyl (C=O) groups is 1. The average molecular weight is 523 g/mol. The van der Waals surface area contributed by atoms with E-state index in [2.05, 4.69) is 15.5 Å². The van der Waals surface area contributed by atoms with E-state index >= 15 is 0 Å². The van der Waals surface area contributed by atoms with E-state index in [-0.39, 0.29) is 10.0 Å². The molecule has 0 aliphatic rings. The third kappa shape index (κ3) is 5.81. The summed E-state index contributed by atoms with van der Waals surface area (Å²) in [6.07, 6.45) is 1.37. The zero-order valence-electron chi connectivity index (χ0n) is 19.3. The number of sulfonamides is 1.